The third kappa shape index (κ3) is 3.30. The number of rotatable bonds is 3. The number of carbonyl (C=O) groups excluding carboxylic acids is 2. The zero-order chi connectivity index (χ0) is 16.7. The number of hydrogen-bond donors (Lipinski definition) is 1. The number of aliphatic hydroxyl groups excluding tert-OH is 1. The summed E-state index contributed by atoms with van der Waals surface area (Å²) in [6.45, 7) is 0. The van der Waals surface area contributed by atoms with Gasteiger partial charge in [0, 0.05) is 11.5 Å². The number of nitrogens with zero attached hydrogens (tertiary/aromatic N) is 3. The van der Waals surface area contributed by atoms with Gasteiger partial charge < -0.3 is 5.11 Å². The molecular weight excluding hydrogens is 465 g/mol. The first-order valence-electron chi connectivity index (χ1n) is 5.84. The molecule has 1 atom stereocenters. The van der Waals surface area contributed by atoms with Crippen LogP contribution in [-0.4, -0.2) is 44.3 Å². The van der Waals surface area contributed by atoms with Gasteiger partial charge in [-0.15, -0.1) is 0 Å². The summed E-state index contributed by atoms with van der Waals surface area (Å²) in [4.78, 5) is 30.2. The fraction of sp³-hybridized carbons (Fsp3) is 0.250. The van der Waals surface area contributed by atoms with Crippen LogP contribution in [0.15, 0.2) is 33.7 Å². The van der Waals surface area contributed by atoms with Gasteiger partial charge in [0.2, 0.25) is 9.08 Å². The molecule has 1 aromatic carbocycles. The Bertz CT molecular complexity index is 663. The summed E-state index contributed by atoms with van der Waals surface area (Å²) in [6, 6.07) is 6.18. The molecule has 1 N–H and O–H groups in total. The molecular formula is C12H9Br2Cl2N3O3. The SMILES string of the molecule is CN1C(=O)C(=NC(O)C(Cl)(Cl)Br)N(c2ccccc2Br)C1=O. The third-order valence-corrected chi connectivity index (χ3v) is 4.29. The molecule has 0 radical (unpaired) electrons. The van der Waals surface area contributed by atoms with Gasteiger partial charge in [0.05, 0.1) is 5.69 Å². The molecule has 0 bridgehead atoms. The molecule has 118 valence electrons. The summed E-state index contributed by atoms with van der Waals surface area (Å²) in [5.41, 5.74) is 0.403. The lowest BCUT2D eigenvalue weighted by molar-refractivity contribution is -0.119. The van der Waals surface area contributed by atoms with Crippen LogP contribution in [-0.2, 0) is 4.79 Å². The lowest BCUT2D eigenvalue weighted by atomic mass is 10.3. The van der Waals surface area contributed by atoms with E-state index in [-0.39, 0.29) is 5.84 Å². The Hall–Kier alpha value is -0.670. The number of amides is 3. The summed E-state index contributed by atoms with van der Waals surface area (Å²) >= 11 is 17.5. The number of benzene rings is 1. The summed E-state index contributed by atoms with van der Waals surface area (Å²) in [5, 5.41) is 9.85. The molecule has 3 amide bonds. The standard InChI is InChI=1S/C12H9Br2Cl2N3O3/c1-18-9(20)8(17-10(21)12(14,15)16)19(11(18)22)7-5-3-2-4-6(7)13/h2-5,10,21H,1H3. The minimum absolute atomic E-state index is 0.281. The number of hydrogen-bond acceptors (Lipinski definition) is 4. The van der Waals surface area contributed by atoms with Crippen molar-refractivity contribution in [2.75, 3.05) is 11.9 Å². The van der Waals surface area contributed by atoms with Crippen LogP contribution in [0.5, 0.6) is 0 Å². The van der Waals surface area contributed by atoms with E-state index in [1.54, 1.807) is 24.3 Å². The van der Waals surface area contributed by atoms with Crippen molar-refractivity contribution in [1.29, 1.82) is 0 Å². The second-order valence-corrected chi connectivity index (χ2v) is 8.71. The van der Waals surface area contributed by atoms with E-state index < -0.39 is 21.4 Å². The predicted octanol–water partition coefficient (Wildman–Crippen LogP) is 3.09. The quantitative estimate of drug-likeness (QED) is 0.541. The lowest BCUT2D eigenvalue weighted by Gasteiger charge is -2.19. The number of urea groups is 1. The Kier molecular flexibility index (Phi) is 5.18. The van der Waals surface area contributed by atoms with Gasteiger partial charge in [-0.2, -0.15) is 0 Å². The second kappa shape index (κ2) is 6.45. The summed E-state index contributed by atoms with van der Waals surface area (Å²) < 4.78 is -1.21. The maximum atomic E-state index is 12.3. The fourth-order valence-corrected chi connectivity index (χ4v) is 2.39. The van der Waals surface area contributed by atoms with Gasteiger partial charge in [0.1, 0.15) is 0 Å². The van der Waals surface area contributed by atoms with Gasteiger partial charge in [-0.05, 0) is 44.0 Å². The Morgan fingerprint density at radius 3 is 2.45 bits per heavy atom. The van der Waals surface area contributed by atoms with Gasteiger partial charge in [0.15, 0.2) is 6.23 Å². The number of anilines is 1. The highest BCUT2D eigenvalue weighted by Crippen LogP contribution is 2.35. The van der Waals surface area contributed by atoms with Crippen molar-refractivity contribution in [1.82, 2.24) is 4.90 Å². The van der Waals surface area contributed by atoms with Crippen LogP contribution in [0.25, 0.3) is 0 Å². The molecule has 1 aromatic rings. The molecule has 0 aromatic heterocycles. The number of halogens is 4. The number of likely N-dealkylation sites (N-methyl/N-ethyl adjacent to an activating group) is 1. The number of amidine groups is 1. The van der Waals surface area contributed by atoms with E-state index in [2.05, 4.69) is 36.9 Å². The van der Waals surface area contributed by atoms with E-state index in [0.717, 1.165) is 9.80 Å². The van der Waals surface area contributed by atoms with Crippen LogP contribution in [0.1, 0.15) is 0 Å². The minimum Gasteiger partial charge on any atom is -0.368 e. The first kappa shape index (κ1) is 17.7. The van der Waals surface area contributed by atoms with Crippen LogP contribution in [0.3, 0.4) is 0 Å². The van der Waals surface area contributed by atoms with E-state index in [1.165, 1.54) is 7.05 Å². The molecule has 0 saturated carbocycles. The molecule has 1 unspecified atom stereocenters. The molecule has 0 spiro atoms. The van der Waals surface area contributed by atoms with E-state index >= 15 is 0 Å². The molecule has 1 aliphatic heterocycles. The van der Waals surface area contributed by atoms with Gasteiger partial charge in [0.25, 0.3) is 5.91 Å². The number of imide groups is 1. The van der Waals surface area contributed by atoms with Crippen molar-refractivity contribution in [2.45, 2.75) is 9.47 Å². The van der Waals surface area contributed by atoms with Crippen molar-refractivity contribution in [2.24, 2.45) is 4.99 Å². The molecule has 10 heteroatoms. The van der Waals surface area contributed by atoms with Gasteiger partial charge in [-0.25, -0.2) is 14.7 Å². The lowest BCUT2D eigenvalue weighted by Crippen LogP contribution is -2.34. The van der Waals surface area contributed by atoms with E-state index in [0.29, 0.717) is 10.2 Å². The monoisotopic (exact) mass is 471 g/mol. The molecule has 1 aliphatic rings. The third-order valence-electron chi connectivity index (χ3n) is 2.82. The van der Waals surface area contributed by atoms with Gasteiger partial charge >= 0.3 is 6.03 Å². The number of aliphatic imine (C=N–C) groups is 1. The van der Waals surface area contributed by atoms with Crippen LogP contribution in [0.4, 0.5) is 10.5 Å². The highest BCUT2D eigenvalue weighted by Gasteiger charge is 2.43. The molecule has 1 heterocycles. The highest BCUT2D eigenvalue weighted by atomic mass is 79.9. The minimum atomic E-state index is -1.79. The Morgan fingerprint density at radius 2 is 1.91 bits per heavy atom. The van der Waals surface area contributed by atoms with E-state index in [1.807, 2.05) is 0 Å². The van der Waals surface area contributed by atoms with Gasteiger partial charge in [-0.1, -0.05) is 35.3 Å². The van der Waals surface area contributed by atoms with Gasteiger partial charge in [-0.3, -0.25) is 9.69 Å². The summed E-state index contributed by atoms with van der Waals surface area (Å²) in [6.07, 6.45) is -1.65. The summed E-state index contributed by atoms with van der Waals surface area (Å²) in [5.74, 6) is -0.957. The maximum Gasteiger partial charge on any atom is 0.337 e. The number of para-hydroxylation sites is 1. The molecule has 1 saturated heterocycles. The van der Waals surface area contributed by atoms with Crippen LogP contribution >= 0.6 is 55.1 Å². The molecule has 22 heavy (non-hydrogen) atoms. The van der Waals surface area contributed by atoms with Crippen molar-refractivity contribution in [3.05, 3.63) is 28.7 Å². The van der Waals surface area contributed by atoms with Crippen LogP contribution in [0.2, 0.25) is 0 Å². The first-order chi connectivity index (χ1) is 10.1. The number of carbonyl (C=O) groups is 2. The smallest absolute Gasteiger partial charge is 0.337 e. The topological polar surface area (TPSA) is 73.2 Å². The zero-order valence-electron chi connectivity index (χ0n) is 11.0. The number of aliphatic hydroxyl groups is 1. The Balaban J connectivity index is 2.54. The van der Waals surface area contributed by atoms with Crippen molar-refractivity contribution in [3.8, 4) is 0 Å². The molecule has 2 rings (SSSR count). The molecule has 1 fully saturated rings. The molecule has 6 nitrogen and oxygen atoms in total. The number of alkyl halides is 3. The first-order valence-corrected chi connectivity index (χ1v) is 8.18. The summed E-state index contributed by atoms with van der Waals surface area (Å²) in [7, 11) is 1.31. The molecule has 0 aliphatic carbocycles. The van der Waals surface area contributed by atoms with Crippen LogP contribution < -0.4 is 4.90 Å². The Morgan fingerprint density at radius 1 is 1.32 bits per heavy atom. The average Bonchev–Trinajstić information content (AvgIpc) is 2.63. The van der Waals surface area contributed by atoms with Crippen molar-refractivity contribution >= 4 is 78.5 Å². The zero-order valence-corrected chi connectivity index (χ0v) is 15.7. The maximum absolute atomic E-state index is 12.3. The van der Waals surface area contributed by atoms with Crippen molar-refractivity contribution in [3.63, 3.8) is 0 Å². The van der Waals surface area contributed by atoms with E-state index in [4.69, 9.17) is 23.2 Å². The second-order valence-electron chi connectivity index (χ2n) is 4.30. The average molecular weight is 474 g/mol. The highest BCUT2D eigenvalue weighted by molar-refractivity contribution is 9.11. The van der Waals surface area contributed by atoms with E-state index in [9.17, 15) is 14.7 Å². The largest absolute Gasteiger partial charge is 0.368 e. The van der Waals surface area contributed by atoms with Crippen molar-refractivity contribution < 1.29 is 14.7 Å². The van der Waals surface area contributed by atoms with Crippen LogP contribution in [0, 0.1) is 0 Å². The fourth-order valence-electron chi connectivity index (χ4n) is 1.73. The normalized spacial score (nSPS) is 19.3. The predicted molar refractivity (Wildman–Crippen MR) is 91.6 cm³/mol. The Labute approximate surface area is 152 Å².